The SMILES string of the molecule is Cc1c(/C=C2\C(=O)Nc3ccc(F)cc32)[nH]c2c1C(=O)N(C[C@H](O)CN1CCOCC1)CCC2.Cc1c(C=O)[nH]c2c1C(=O)N(CC(O)CN1CCOCC1)CCC2. The quantitative estimate of drug-likeness (QED) is 0.151. The number of aliphatic hydroxyl groups excluding tert-OH is 2. The van der Waals surface area contributed by atoms with Crippen LogP contribution >= 0.6 is 0 Å². The Morgan fingerprint density at radius 2 is 1.24 bits per heavy atom. The highest BCUT2D eigenvalue weighted by molar-refractivity contribution is 6.35. The van der Waals surface area contributed by atoms with Crippen LogP contribution in [0.1, 0.15) is 77.8 Å². The van der Waals surface area contributed by atoms with Gasteiger partial charge >= 0.3 is 0 Å². The first-order valence-electron chi connectivity index (χ1n) is 20.3. The third-order valence-electron chi connectivity index (χ3n) is 11.6. The van der Waals surface area contributed by atoms with Gasteiger partial charge in [0.2, 0.25) is 0 Å². The number of morpholine rings is 2. The van der Waals surface area contributed by atoms with Gasteiger partial charge in [0.25, 0.3) is 17.7 Å². The fourth-order valence-corrected chi connectivity index (χ4v) is 8.57. The summed E-state index contributed by atoms with van der Waals surface area (Å²) in [5, 5.41) is 23.8. The highest BCUT2D eigenvalue weighted by atomic mass is 19.1. The zero-order chi connectivity index (χ0) is 40.9. The summed E-state index contributed by atoms with van der Waals surface area (Å²) in [4.78, 5) is 64.1. The smallest absolute Gasteiger partial charge is 0.256 e. The first-order chi connectivity index (χ1) is 28.0. The first-order valence-corrected chi connectivity index (χ1v) is 20.3. The number of nitrogens with zero attached hydrogens (tertiary/aromatic N) is 4. The van der Waals surface area contributed by atoms with Crippen LogP contribution in [0.5, 0.6) is 0 Å². The lowest BCUT2D eigenvalue weighted by molar-refractivity contribution is -0.110. The molecular weight excluding hydrogens is 750 g/mol. The van der Waals surface area contributed by atoms with Crippen LogP contribution in [0, 0.1) is 19.7 Å². The van der Waals surface area contributed by atoms with Crippen molar-refractivity contribution in [2.75, 3.05) is 97.2 Å². The molecule has 2 fully saturated rings. The van der Waals surface area contributed by atoms with Gasteiger partial charge in [-0.2, -0.15) is 0 Å². The van der Waals surface area contributed by atoms with Gasteiger partial charge in [0.05, 0.1) is 61.0 Å². The number of β-amino-alcohol motifs (C(OH)–C–C–N with tert-alkyl or cyclic N) is 2. The van der Waals surface area contributed by atoms with Gasteiger partial charge in [-0.25, -0.2) is 4.39 Å². The molecule has 2 atom stereocenters. The predicted molar refractivity (Wildman–Crippen MR) is 214 cm³/mol. The van der Waals surface area contributed by atoms with Gasteiger partial charge in [0.1, 0.15) is 5.82 Å². The number of amides is 3. The van der Waals surface area contributed by atoms with E-state index in [9.17, 15) is 33.8 Å². The van der Waals surface area contributed by atoms with E-state index in [0.717, 1.165) is 68.7 Å². The predicted octanol–water partition coefficient (Wildman–Crippen LogP) is 2.25. The van der Waals surface area contributed by atoms with Gasteiger partial charge in [0.15, 0.2) is 6.29 Å². The van der Waals surface area contributed by atoms with Crippen LogP contribution in [-0.2, 0) is 27.1 Å². The van der Waals surface area contributed by atoms with Crippen molar-refractivity contribution in [1.82, 2.24) is 29.6 Å². The Labute approximate surface area is 337 Å². The number of nitrogens with one attached hydrogen (secondary N) is 3. The Bertz CT molecular complexity index is 2030. The van der Waals surface area contributed by atoms with Crippen LogP contribution in [0.3, 0.4) is 0 Å². The molecule has 1 aromatic carbocycles. The molecule has 5 N–H and O–H groups in total. The summed E-state index contributed by atoms with van der Waals surface area (Å²) < 4.78 is 24.5. The number of aliphatic hydroxyl groups is 2. The van der Waals surface area contributed by atoms with E-state index in [4.69, 9.17) is 9.47 Å². The number of halogens is 1. The van der Waals surface area contributed by atoms with E-state index in [0.29, 0.717) is 110 Å². The number of anilines is 1. The molecule has 1 unspecified atom stereocenters. The molecule has 16 heteroatoms. The number of benzene rings is 1. The number of aldehydes is 1. The van der Waals surface area contributed by atoms with Gasteiger partial charge in [-0.05, 0) is 74.9 Å². The van der Waals surface area contributed by atoms with Crippen LogP contribution in [0.15, 0.2) is 18.2 Å². The second-order valence-electron chi connectivity index (χ2n) is 15.7. The Kier molecular flexibility index (Phi) is 13.2. The molecule has 3 amide bonds. The fraction of sp³-hybridized carbons (Fsp3) is 0.524. The molecule has 0 saturated carbocycles. The lowest BCUT2D eigenvalue weighted by Crippen LogP contribution is -2.46. The molecule has 0 radical (unpaired) electrons. The summed E-state index contributed by atoms with van der Waals surface area (Å²) in [6.45, 7) is 12.4. The molecule has 8 rings (SSSR count). The molecule has 7 heterocycles. The highest BCUT2D eigenvalue weighted by Crippen LogP contribution is 2.35. The van der Waals surface area contributed by atoms with E-state index in [1.54, 1.807) is 28.9 Å². The van der Waals surface area contributed by atoms with Gasteiger partial charge in [-0.15, -0.1) is 0 Å². The largest absolute Gasteiger partial charge is 0.390 e. The standard InChI is InChI=1S/C25H29FN4O4.C17H25N3O4/c1-15-22(12-19-18-11-16(26)4-5-20(18)28-24(19)32)27-21-3-2-6-30(25(33)23(15)21)14-17(31)13-29-7-9-34-10-8-29;1-12-15(11-21)18-14-3-2-4-20(17(23)16(12)14)10-13(22)9-19-5-7-24-8-6-19/h4-5,11-12,17,27,31H,2-3,6-10,13-14H2,1H3,(H,28,32);11,13,18,22H,2-10H2,1H3/b19-12-;/t17-;/m1./s1. The van der Waals surface area contributed by atoms with Gasteiger partial charge in [-0.1, -0.05) is 0 Å². The van der Waals surface area contributed by atoms with Crippen molar-refractivity contribution in [2.24, 2.45) is 0 Å². The van der Waals surface area contributed by atoms with Crippen molar-refractivity contribution in [1.29, 1.82) is 0 Å². The highest BCUT2D eigenvalue weighted by Gasteiger charge is 2.32. The van der Waals surface area contributed by atoms with Crippen molar-refractivity contribution in [3.63, 3.8) is 0 Å². The van der Waals surface area contributed by atoms with Gasteiger partial charge < -0.3 is 44.8 Å². The summed E-state index contributed by atoms with van der Waals surface area (Å²) in [5.41, 5.74) is 6.91. The molecule has 58 heavy (non-hydrogen) atoms. The van der Waals surface area contributed by atoms with E-state index in [1.807, 2.05) is 6.92 Å². The third-order valence-corrected chi connectivity index (χ3v) is 11.6. The zero-order valence-electron chi connectivity index (χ0n) is 33.3. The topological polar surface area (TPSA) is 184 Å². The average Bonchev–Trinajstić information content (AvgIpc) is 3.73. The van der Waals surface area contributed by atoms with E-state index in [1.165, 1.54) is 12.1 Å². The van der Waals surface area contributed by atoms with E-state index >= 15 is 0 Å². The molecule has 0 bridgehead atoms. The van der Waals surface area contributed by atoms with Crippen LogP contribution in [0.25, 0.3) is 11.6 Å². The Balaban J connectivity index is 0.000000188. The molecule has 0 aliphatic carbocycles. The maximum atomic E-state index is 13.8. The third kappa shape index (κ3) is 9.27. The minimum Gasteiger partial charge on any atom is -0.390 e. The van der Waals surface area contributed by atoms with E-state index < -0.39 is 18.0 Å². The maximum absolute atomic E-state index is 13.8. The number of carbonyl (C=O) groups excluding carboxylic acids is 4. The number of carbonyl (C=O) groups is 4. The molecular formula is C42H54FN7O8. The van der Waals surface area contributed by atoms with Crippen molar-refractivity contribution in [3.8, 4) is 0 Å². The number of H-pyrrole nitrogens is 2. The molecule has 5 aliphatic rings. The van der Waals surface area contributed by atoms with Gasteiger partial charge in [0, 0.05) is 93.8 Å². The number of ether oxygens (including phenoxy) is 2. The number of aryl methyl sites for hydroxylation is 2. The van der Waals surface area contributed by atoms with Crippen LogP contribution in [0.4, 0.5) is 10.1 Å². The second kappa shape index (κ2) is 18.5. The maximum Gasteiger partial charge on any atom is 0.256 e. The van der Waals surface area contributed by atoms with Gasteiger partial charge in [-0.3, -0.25) is 29.0 Å². The number of rotatable bonds is 10. The minimum absolute atomic E-state index is 0.0922. The lowest BCUT2D eigenvalue weighted by Gasteiger charge is -2.31. The summed E-state index contributed by atoms with van der Waals surface area (Å²) in [6.07, 6.45) is 4.25. The van der Waals surface area contributed by atoms with Crippen molar-refractivity contribution >= 4 is 41.3 Å². The number of aromatic amines is 2. The van der Waals surface area contributed by atoms with Crippen molar-refractivity contribution in [2.45, 2.75) is 51.7 Å². The molecule has 2 saturated heterocycles. The monoisotopic (exact) mass is 803 g/mol. The summed E-state index contributed by atoms with van der Waals surface area (Å²) in [5.74, 6) is -0.926. The zero-order valence-corrected chi connectivity index (χ0v) is 33.3. The normalized spacial score (nSPS) is 20.7. The number of aromatic nitrogens is 2. The number of fused-ring (bicyclic) bond motifs is 3. The van der Waals surface area contributed by atoms with Crippen LogP contribution in [0.2, 0.25) is 0 Å². The number of hydrogen-bond acceptors (Lipinski definition) is 10. The van der Waals surface area contributed by atoms with E-state index in [-0.39, 0.29) is 24.3 Å². The summed E-state index contributed by atoms with van der Waals surface area (Å²) >= 11 is 0. The van der Waals surface area contributed by atoms with Crippen LogP contribution in [-0.4, -0.2) is 168 Å². The fourth-order valence-electron chi connectivity index (χ4n) is 8.57. The van der Waals surface area contributed by atoms with Crippen molar-refractivity contribution < 1.29 is 43.3 Å². The second-order valence-corrected chi connectivity index (χ2v) is 15.7. The number of hydrogen-bond donors (Lipinski definition) is 5. The molecule has 312 valence electrons. The van der Waals surface area contributed by atoms with E-state index in [2.05, 4.69) is 25.1 Å². The molecule has 2 aromatic heterocycles. The molecule has 3 aromatic rings. The minimum atomic E-state index is -0.641. The molecule has 15 nitrogen and oxygen atoms in total. The molecule has 5 aliphatic heterocycles. The average molecular weight is 804 g/mol. The Morgan fingerprint density at radius 3 is 1.76 bits per heavy atom. The lowest BCUT2D eigenvalue weighted by atomic mass is 10.0. The summed E-state index contributed by atoms with van der Waals surface area (Å²) in [6, 6.07) is 4.19. The Morgan fingerprint density at radius 1 is 0.741 bits per heavy atom. The summed E-state index contributed by atoms with van der Waals surface area (Å²) in [7, 11) is 0. The van der Waals surface area contributed by atoms with Crippen LogP contribution < -0.4 is 5.32 Å². The molecule has 0 spiro atoms. The first kappa shape index (κ1) is 41.4. The Hall–Kier alpha value is -4.71. The van der Waals surface area contributed by atoms with Crippen molar-refractivity contribution in [3.05, 3.63) is 74.6 Å².